The van der Waals surface area contributed by atoms with E-state index in [1.807, 2.05) is 0 Å². The molecule has 10 heavy (non-hydrogen) atoms. The third kappa shape index (κ3) is 3.19. The van der Waals surface area contributed by atoms with Crippen molar-refractivity contribution in [1.29, 1.82) is 0 Å². The van der Waals surface area contributed by atoms with Gasteiger partial charge in [-0.3, -0.25) is 9.59 Å². The number of ketones is 1. The van der Waals surface area contributed by atoms with Gasteiger partial charge in [-0.05, 0) is 6.92 Å². The Labute approximate surface area is 59.3 Å². The van der Waals surface area contributed by atoms with Crippen molar-refractivity contribution in [1.82, 2.24) is 0 Å². The van der Waals surface area contributed by atoms with E-state index >= 15 is 0 Å². The van der Waals surface area contributed by atoms with E-state index in [0.29, 0.717) is 0 Å². The Morgan fingerprint density at radius 1 is 1.60 bits per heavy atom. The van der Waals surface area contributed by atoms with Gasteiger partial charge in [0.1, 0.15) is 0 Å². The van der Waals surface area contributed by atoms with Gasteiger partial charge in [-0.2, -0.15) is 0 Å². The average molecular weight is 145 g/mol. The predicted molar refractivity (Wildman–Crippen MR) is 35.3 cm³/mol. The summed E-state index contributed by atoms with van der Waals surface area (Å²) in [5, 5.41) is 0. The second-order valence-corrected chi connectivity index (χ2v) is 1.92. The van der Waals surface area contributed by atoms with E-state index in [9.17, 15) is 9.59 Å². The van der Waals surface area contributed by atoms with Crippen molar-refractivity contribution in [2.24, 2.45) is 5.73 Å². The Kier molecular flexibility index (Phi) is 3.64. The van der Waals surface area contributed by atoms with Crippen LogP contribution in [0.1, 0.15) is 13.8 Å². The maximum atomic E-state index is 10.6. The minimum Gasteiger partial charge on any atom is -0.455 e. The molecule has 4 nitrogen and oxygen atoms in total. The van der Waals surface area contributed by atoms with Crippen LogP contribution in [0.4, 0.5) is 0 Å². The minimum absolute atomic E-state index is 0.0888. The zero-order valence-electron chi connectivity index (χ0n) is 6.09. The molecular formula is C6H11NO3. The quantitative estimate of drug-likeness (QED) is 0.542. The van der Waals surface area contributed by atoms with Crippen LogP contribution in [0.25, 0.3) is 0 Å². The molecule has 1 atom stereocenters. The number of nitrogens with two attached hydrogens (primary N) is 1. The molecule has 2 N–H and O–H groups in total. The molecule has 0 heterocycles. The van der Waals surface area contributed by atoms with Gasteiger partial charge in [0.15, 0.2) is 11.9 Å². The van der Waals surface area contributed by atoms with Crippen LogP contribution < -0.4 is 5.73 Å². The fraction of sp³-hybridized carbons (Fsp3) is 0.667. The third-order valence-electron chi connectivity index (χ3n) is 0.997. The first-order chi connectivity index (χ1) is 4.57. The fourth-order valence-corrected chi connectivity index (χ4v) is 0.481. The zero-order valence-corrected chi connectivity index (χ0v) is 6.09. The summed E-state index contributed by atoms with van der Waals surface area (Å²) < 4.78 is 4.53. The van der Waals surface area contributed by atoms with Crippen LogP contribution in [0.3, 0.4) is 0 Å². The molecule has 0 aliphatic heterocycles. The molecule has 0 aromatic carbocycles. The molecule has 0 rings (SSSR count). The van der Waals surface area contributed by atoms with E-state index in [4.69, 9.17) is 5.73 Å². The second kappa shape index (κ2) is 4.00. The molecule has 0 saturated heterocycles. The molecule has 0 spiro atoms. The number of Topliss-reactive ketones (excluding diaryl/α,β-unsaturated/α-hetero) is 1. The summed E-state index contributed by atoms with van der Waals surface area (Å²) in [5.74, 6) is -0.732. The number of hydrogen-bond donors (Lipinski definition) is 1. The maximum absolute atomic E-state index is 10.6. The molecule has 0 amide bonds. The maximum Gasteiger partial charge on any atom is 0.303 e. The second-order valence-electron chi connectivity index (χ2n) is 1.92. The van der Waals surface area contributed by atoms with Gasteiger partial charge >= 0.3 is 5.97 Å². The lowest BCUT2D eigenvalue weighted by atomic mass is 10.2. The first-order valence-corrected chi connectivity index (χ1v) is 2.98. The summed E-state index contributed by atoms with van der Waals surface area (Å²) in [6.07, 6.45) is -0.706. The van der Waals surface area contributed by atoms with Crippen molar-refractivity contribution in [3.63, 3.8) is 0 Å². The van der Waals surface area contributed by atoms with Crippen molar-refractivity contribution < 1.29 is 14.3 Å². The molecule has 0 aliphatic rings. The summed E-state index contributed by atoms with van der Waals surface area (Å²) in [6, 6.07) is 0. The SMILES string of the molecule is CC(=O)OC(C)C(=O)CN. The van der Waals surface area contributed by atoms with Crippen LogP contribution in [0, 0.1) is 0 Å². The van der Waals surface area contributed by atoms with E-state index in [-0.39, 0.29) is 12.3 Å². The van der Waals surface area contributed by atoms with Crippen LogP contribution in [0.2, 0.25) is 0 Å². The van der Waals surface area contributed by atoms with Gasteiger partial charge in [0.25, 0.3) is 0 Å². The van der Waals surface area contributed by atoms with Crippen LogP contribution >= 0.6 is 0 Å². The number of carbonyl (C=O) groups excluding carboxylic acids is 2. The van der Waals surface area contributed by atoms with Crippen LogP contribution in [-0.2, 0) is 14.3 Å². The standard InChI is InChI=1S/C6H11NO3/c1-4(6(9)3-7)10-5(2)8/h4H,3,7H2,1-2H3. The van der Waals surface area contributed by atoms with Gasteiger partial charge < -0.3 is 10.5 Å². The summed E-state index contributed by atoms with van der Waals surface area (Å²) in [6.45, 7) is 2.66. The van der Waals surface area contributed by atoms with Crippen molar-refractivity contribution in [3.8, 4) is 0 Å². The number of rotatable bonds is 3. The highest BCUT2D eigenvalue weighted by Crippen LogP contribution is 1.91. The number of ether oxygens (including phenoxy) is 1. The minimum atomic E-state index is -0.706. The molecule has 0 aromatic heterocycles. The van der Waals surface area contributed by atoms with Gasteiger partial charge in [-0.25, -0.2) is 0 Å². The third-order valence-corrected chi connectivity index (χ3v) is 0.997. The monoisotopic (exact) mass is 145 g/mol. The fourth-order valence-electron chi connectivity index (χ4n) is 0.481. The molecule has 0 fully saturated rings. The predicted octanol–water partition coefficient (Wildman–Crippen LogP) is -0.534. The summed E-state index contributed by atoms with van der Waals surface area (Å²) in [4.78, 5) is 20.9. The van der Waals surface area contributed by atoms with Crippen LogP contribution in [0.15, 0.2) is 0 Å². The van der Waals surface area contributed by atoms with Crippen molar-refractivity contribution in [2.45, 2.75) is 20.0 Å². The molecule has 0 saturated carbocycles. The smallest absolute Gasteiger partial charge is 0.303 e. The van der Waals surface area contributed by atoms with E-state index in [1.54, 1.807) is 0 Å². The summed E-state index contributed by atoms with van der Waals surface area (Å²) in [5.41, 5.74) is 5.01. The Morgan fingerprint density at radius 3 is 2.40 bits per heavy atom. The first-order valence-electron chi connectivity index (χ1n) is 2.98. The Bertz CT molecular complexity index is 144. The van der Waals surface area contributed by atoms with Crippen molar-refractivity contribution in [2.75, 3.05) is 6.54 Å². The molecule has 1 unspecified atom stereocenters. The molecule has 58 valence electrons. The summed E-state index contributed by atoms with van der Waals surface area (Å²) in [7, 11) is 0. The van der Waals surface area contributed by atoms with Crippen molar-refractivity contribution >= 4 is 11.8 Å². The topological polar surface area (TPSA) is 69.4 Å². The van der Waals surface area contributed by atoms with E-state index in [2.05, 4.69) is 4.74 Å². The highest BCUT2D eigenvalue weighted by Gasteiger charge is 2.12. The van der Waals surface area contributed by atoms with Gasteiger partial charge in [0.05, 0.1) is 6.54 Å². The van der Waals surface area contributed by atoms with E-state index in [1.165, 1.54) is 13.8 Å². The Morgan fingerprint density at radius 2 is 2.10 bits per heavy atom. The lowest BCUT2D eigenvalue weighted by molar-refractivity contribution is -0.151. The van der Waals surface area contributed by atoms with Gasteiger partial charge in [-0.15, -0.1) is 0 Å². The number of esters is 1. The number of carbonyl (C=O) groups is 2. The summed E-state index contributed by atoms with van der Waals surface area (Å²) >= 11 is 0. The van der Waals surface area contributed by atoms with Gasteiger partial charge in [-0.1, -0.05) is 0 Å². The molecule has 0 radical (unpaired) electrons. The first kappa shape index (κ1) is 9.10. The number of hydrogen-bond acceptors (Lipinski definition) is 4. The molecule has 4 heteroatoms. The highest BCUT2D eigenvalue weighted by atomic mass is 16.5. The Balaban J connectivity index is 3.72. The van der Waals surface area contributed by atoms with Gasteiger partial charge in [0.2, 0.25) is 0 Å². The zero-order chi connectivity index (χ0) is 8.15. The van der Waals surface area contributed by atoms with E-state index < -0.39 is 12.1 Å². The van der Waals surface area contributed by atoms with Crippen LogP contribution in [0.5, 0.6) is 0 Å². The average Bonchev–Trinajstić information content (AvgIpc) is 1.85. The largest absolute Gasteiger partial charge is 0.455 e. The van der Waals surface area contributed by atoms with Crippen molar-refractivity contribution in [3.05, 3.63) is 0 Å². The Hall–Kier alpha value is -0.900. The molecular weight excluding hydrogens is 134 g/mol. The lowest BCUT2D eigenvalue weighted by Gasteiger charge is -2.07. The van der Waals surface area contributed by atoms with E-state index in [0.717, 1.165) is 0 Å². The molecule has 0 aromatic rings. The van der Waals surface area contributed by atoms with Gasteiger partial charge in [0, 0.05) is 6.92 Å². The molecule has 0 bridgehead atoms. The normalized spacial score (nSPS) is 12.3. The van der Waals surface area contributed by atoms with Crippen LogP contribution in [-0.4, -0.2) is 24.4 Å². The lowest BCUT2D eigenvalue weighted by Crippen LogP contribution is -2.29. The molecule has 0 aliphatic carbocycles. The highest BCUT2D eigenvalue weighted by molar-refractivity contribution is 5.86.